The van der Waals surface area contributed by atoms with Gasteiger partial charge in [0.1, 0.15) is 5.75 Å². The minimum Gasteiger partial charge on any atom is -0.494 e. The van der Waals surface area contributed by atoms with E-state index in [1.807, 2.05) is 32.0 Å². The first-order chi connectivity index (χ1) is 5.77. The Bertz CT molecular complexity index is 276. The van der Waals surface area contributed by atoms with Gasteiger partial charge in [-0.25, -0.2) is 0 Å². The smallest absolute Gasteiger partial charge is 0.122 e. The van der Waals surface area contributed by atoms with E-state index in [1.165, 1.54) is 0 Å². The quantitative estimate of drug-likeness (QED) is 0.662. The molecule has 12 heavy (non-hydrogen) atoms. The van der Waals surface area contributed by atoms with Gasteiger partial charge in [0.05, 0.1) is 6.61 Å². The summed E-state index contributed by atoms with van der Waals surface area (Å²) in [5.74, 6) is 0.941. The fourth-order valence-electron chi connectivity index (χ4n) is 1.08. The number of aryl methyl sites for hydroxylation is 1. The SMILES string of the molecule is C=[C]c1ccc(OCC)c(C)c1. The van der Waals surface area contributed by atoms with Crippen LogP contribution in [0.5, 0.6) is 5.75 Å². The zero-order valence-electron chi connectivity index (χ0n) is 7.55. The summed E-state index contributed by atoms with van der Waals surface area (Å²) in [7, 11) is 0. The van der Waals surface area contributed by atoms with Crippen LogP contribution < -0.4 is 4.74 Å². The third-order valence-electron chi connectivity index (χ3n) is 1.68. The van der Waals surface area contributed by atoms with E-state index < -0.39 is 0 Å². The lowest BCUT2D eigenvalue weighted by Gasteiger charge is -2.06. The Morgan fingerprint density at radius 1 is 1.50 bits per heavy atom. The van der Waals surface area contributed by atoms with Crippen molar-refractivity contribution in [3.05, 3.63) is 42.0 Å². The van der Waals surface area contributed by atoms with Crippen molar-refractivity contribution in [2.75, 3.05) is 6.61 Å². The van der Waals surface area contributed by atoms with E-state index in [2.05, 4.69) is 12.7 Å². The van der Waals surface area contributed by atoms with Gasteiger partial charge in [-0.05, 0) is 43.2 Å². The first-order valence-electron chi connectivity index (χ1n) is 4.04. The Balaban J connectivity index is 2.94. The Kier molecular flexibility index (Phi) is 2.92. The molecule has 0 saturated heterocycles. The molecule has 0 heterocycles. The largest absolute Gasteiger partial charge is 0.494 e. The summed E-state index contributed by atoms with van der Waals surface area (Å²) < 4.78 is 5.39. The molecule has 0 aromatic heterocycles. The zero-order valence-corrected chi connectivity index (χ0v) is 7.55. The van der Waals surface area contributed by atoms with Crippen LogP contribution in [0.2, 0.25) is 0 Å². The van der Waals surface area contributed by atoms with Gasteiger partial charge in [0, 0.05) is 0 Å². The van der Waals surface area contributed by atoms with E-state index in [4.69, 9.17) is 4.74 Å². The van der Waals surface area contributed by atoms with Crippen LogP contribution in [0.25, 0.3) is 0 Å². The highest BCUT2D eigenvalue weighted by Crippen LogP contribution is 2.18. The second-order valence-electron chi connectivity index (χ2n) is 2.59. The molecule has 0 N–H and O–H groups in total. The van der Waals surface area contributed by atoms with Crippen LogP contribution in [-0.2, 0) is 0 Å². The Morgan fingerprint density at radius 2 is 2.25 bits per heavy atom. The lowest BCUT2D eigenvalue weighted by atomic mass is 10.1. The summed E-state index contributed by atoms with van der Waals surface area (Å²) in [6.07, 6.45) is 2.83. The predicted molar refractivity (Wildman–Crippen MR) is 50.3 cm³/mol. The van der Waals surface area contributed by atoms with Crippen molar-refractivity contribution >= 4 is 0 Å². The molecule has 0 spiro atoms. The van der Waals surface area contributed by atoms with Gasteiger partial charge in [0.15, 0.2) is 0 Å². The Hall–Kier alpha value is -1.24. The third kappa shape index (κ3) is 1.88. The van der Waals surface area contributed by atoms with Gasteiger partial charge in [-0.3, -0.25) is 0 Å². The summed E-state index contributed by atoms with van der Waals surface area (Å²) in [5, 5.41) is 0. The van der Waals surface area contributed by atoms with Crippen LogP contribution >= 0.6 is 0 Å². The molecular formula is C11H13O. The van der Waals surface area contributed by atoms with Gasteiger partial charge in [0.2, 0.25) is 0 Å². The zero-order chi connectivity index (χ0) is 8.97. The average molecular weight is 161 g/mol. The van der Waals surface area contributed by atoms with Gasteiger partial charge in [-0.1, -0.05) is 12.6 Å². The number of hydrogen-bond donors (Lipinski definition) is 0. The minimum absolute atomic E-state index is 0.706. The van der Waals surface area contributed by atoms with E-state index in [1.54, 1.807) is 0 Å². The maximum atomic E-state index is 5.39. The maximum Gasteiger partial charge on any atom is 0.122 e. The second kappa shape index (κ2) is 3.96. The lowest BCUT2D eigenvalue weighted by molar-refractivity contribution is 0.338. The first-order valence-corrected chi connectivity index (χ1v) is 4.04. The third-order valence-corrected chi connectivity index (χ3v) is 1.68. The molecule has 0 unspecified atom stereocenters. The number of benzene rings is 1. The highest BCUT2D eigenvalue weighted by Gasteiger charge is 1.97. The predicted octanol–water partition coefficient (Wildman–Crippen LogP) is 2.73. The van der Waals surface area contributed by atoms with Gasteiger partial charge in [-0.15, -0.1) is 0 Å². The van der Waals surface area contributed by atoms with Crippen LogP contribution in [0.15, 0.2) is 24.8 Å². The molecule has 0 atom stereocenters. The van der Waals surface area contributed by atoms with Crippen molar-refractivity contribution in [1.29, 1.82) is 0 Å². The standard InChI is InChI=1S/C11H13O/c1-4-10-6-7-11(12-5-2)9(3)8-10/h6-8H,1,5H2,2-3H3. The number of rotatable bonds is 3. The van der Waals surface area contributed by atoms with E-state index >= 15 is 0 Å². The molecule has 0 aliphatic heterocycles. The normalized spacial score (nSPS) is 9.50. The van der Waals surface area contributed by atoms with Crippen molar-refractivity contribution in [2.24, 2.45) is 0 Å². The Labute approximate surface area is 73.7 Å². The lowest BCUT2D eigenvalue weighted by Crippen LogP contribution is -1.93. The molecule has 0 aliphatic carbocycles. The molecule has 0 fully saturated rings. The van der Waals surface area contributed by atoms with E-state index in [0.29, 0.717) is 6.61 Å². The second-order valence-corrected chi connectivity index (χ2v) is 2.59. The van der Waals surface area contributed by atoms with Gasteiger partial charge in [-0.2, -0.15) is 0 Å². The minimum atomic E-state index is 0.706. The van der Waals surface area contributed by atoms with Crippen molar-refractivity contribution in [2.45, 2.75) is 13.8 Å². The van der Waals surface area contributed by atoms with Crippen LogP contribution in [0.3, 0.4) is 0 Å². The maximum absolute atomic E-state index is 5.39. The summed E-state index contributed by atoms with van der Waals surface area (Å²) in [6, 6.07) is 5.91. The monoisotopic (exact) mass is 161 g/mol. The first kappa shape index (κ1) is 8.85. The fourth-order valence-corrected chi connectivity index (χ4v) is 1.08. The molecule has 1 heteroatoms. The van der Waals surface area contributed by atoms with Crippen molar-refractivity contribution in [3.8, 4) is 5.75 Å². The van der Waals surface area contributed by atoms with Crippen LogP contribution in [0.1, 0.15) is 18.1 Å². The molecule has 63 valence electrons. The highest BCUT2D eigenvalue weighted by atomic mass is 16.5. The van der Waals surface area contributed by atoms with E-state index in [-0.39, 0.29) is 0 Å². The van der Waals surface area contributed by atoms with E-state index in [0.717, 1.165) is 16.9 Å². The van der Waals surface area contributed by atoms with Crippen molar-refractivity contribution < 1.29 is 4.74 Å². The molecule has 1 aromatic rings. The molecule has 0 amide bonds. The molecule has 0 saturated carbocycles. The fraction of sp³-hybridized carbons (Fsp3) is 0.273. The van der Waals surface area contributed by atoms with E-state index in [9.17, 15) is 0 Å². The van der Waals surface area contributed by atoms with Crippen LogP contribution in [0.4, 0.5) is 0 Å². The van der Waals surface area contributed by atoms with Gasteiger partial charge >= 0.3 is 0 Å². The summed E-state index contributed by atoms with van der Waals surface area (Å²) >= 11 is 0. The highest BCUT2D eigenvalue weighted by molar-refractivity contribution is 5.38. The number of ether oxygens (including phenoxy) is 1. The molecule has 1 nitrogen and oxygen atoms in total. The molecule has 0 bridgehead atoms. The molecule has 1 rings (SSSR count). The average Bonchev–Trinajstić information content (AvgIpc) is 2.09. The topological polar surface area (TPSA) is 9.23 Å². The van der Waals surface area contributed by atoms with Gasteiger partial charge in [0.25, 0.3) is 0 Å². The Morgan fingerprint density at radius 3 is 2.75 bits per heavy atom. The van der Waals surface area contributed by atoms with Crippen LogP contribution in [0, 0.1) is 13.0 Å². The van der Waals surface area contributed by atoms with Crippen molar-refractivity contribution in [3.63, 3.8) is 0 Å². The molecule has 1 aromatic carbocycles. The summed E-state index contributed by atoms with van der Waals surface area (Å²) in [6.45, 7) is 8.29. The number of hydrogen-bond acceptors (Lipinski definition) is 1. The summed E-state index contributed by atoms with van der Waals surface area (Å²) in [4.78, 5) is 0. The molecular weight excluding hydrogens is 148 g/mol. The van der Waals surface area contributed by atoms with Gasteiger partial charge < -0.3 is 4.74 Å². The van der Waals surface area contributed by atoms with Crippen LogP contribution in [-0.4, -0.2) is 6.61 Å². The summed E-state index contributed by atoms with van der Waals surface area (Å²) in [5.41, 5.74) is 2.14. The molecule has 0 aliphatic rings. The van der Waals surface area contributed by atoms with Crippen molar-refractivity contribution in [1.82, 2.24) is 0 Å². The molecule has 1 radical (unpaired) electrons.